The number of amides is 2. The quantitative estimate of drug-likeness (QED) is 0.860. The highest BCUT2D eigenvalue weighted by Gasteiger charge is 2.09. The van der Waals surface area contributed by atoms with Gasteiger partial charge in [0.1, 0.15) is 0 Å². The summed E-state index contributed by atoms with van der Waals surface area (Å²) in [5, 5.41) is 13.3. The van der Waals surface area contributed by atoms with Crippen molar-refractivity contribution in [3.05, 3.63) is 30.4 Å². The van der Waals surface area contributed by atoms with Crippen LogP contribution in [-0.4, -0.2) is 40.1 Å². The van der Waals surface area contributed by atoms with Crippen LogP contribution in [0.15, 0.2) is 24.7 Å². The molecule has 0 saturated carbocycles. The van der Waals surface area contributed by atoms with Crippen molar-refractivity contribution < 1.29 is 4.79 Å². The zero-order valence-electron chi connectivity index (χ0n) is 12.4. The van der Waals surface area contributed by atoms with E-state index >= 15 is 0 Å². The Morgan fingerprint density at radius 3 is 2.90 bits per heavy atom. The molecule has 21 heavy (non-hydrogen) atoms. The number of carbonyl (C=O) groups excluding carboxylic acids is 1. The number of hydrogen-bond donors (Lipinski definition) is 2. The maximum atomic E-state index is 12.0. The van der Waals surface area contributed by atoms with Gasteiger partial charge in [-0.1, -0.05) is 5.21 Å². The van der Waals surface area contributed by atoms with Crippen molar-refractivity contribution in [3.8, 4) is 0 Å². The largest absolute Gasteiger partial charge is 0.375 e. The second-order valence-electron chi connectivity index (χ2n) is 4.64. The molecule has 0 aliphatic carbocycles. The lowest BCUT2D eigenvalue weighted by molar-refractivity contribution is 0.251. The van der Waals surface area contributed by atoms with Crippen LogP contribution >= 0.6 is 0 Å². The van der Waals surface area contributed by atoms with E-state index in [1.54, 1.807) is 29.3 Å². The van der Waals surface area contributed by atoms with E-state index in [0.29, 0.717) is 18.8 Å². The minimum Gasteiger partial charge on any atom is -0.375 e. The van der Waals surface area contributed by atoms with Gasteiger partial charge < -0.3 is 15.5 Å². The number of aryl methyl sites for hydroxylation is 1. The van der Waals surface area contributed by atoms with Gasteiger partial charge in [-0.05, 0) is 13.0 Å². The van der Waals surface area contributed by atoms with Crippen LogP contribution in [0, 0.1) is 0 Å². The van der Waals surface area contributed by atoms with Crippen molar-refractivity contribution in [1.29, 1.82) is 0 Å². The van der Waals surface area contributed by atoms with Crippen LogP contribution < -0.4 is 15.5 Å². The molecule has 2 aromatic heterocycles. The third-order valence-electron chi connectivity index (χ3n) is 2.96. The lowest BCUT2D eigenvalue weighted by Gasteiger charge is -2.17. The molecule has 0 atom stereocenters. The number of hydrogen-bond acceptors (Lipinski definition) is 5. The summed E-state index contributed by atoms with van der Waals surface area (Å²) in [5.74, 6) is 0. The van der Waals surface area contributed by atoms with Crippen LogP contribution in [-0.2, 0) is 13.1 Å². The number of nitrogens with one attached hydrogen (secondary N) is 2. The van der Waals surface area contributed by atoms with Crippen molar-refractivity contribution in [2.24, 2.45) is 0 Å². The third kappa shape index (κ3) is 3.68. The Morgan fingerprint density at radius 1 is 1.38 bits per heavy atom. The van der Waals surface area contributed by atoms with Gasteiger partial charge in [0.2, 0.25) is 0 Å². The van der Waals surface area contributed by atoms with Crippen molar-refractivity contribution in [1.82, 2.24) is 25.3 Å². The van der Waals surface area contributed by atoms with Crippen LogP contribution in [0.3, 0.4) is 0 Å². The minimum absolute atomic E-state index is 0.284. The molecule has 2 amide bonds. The number of nitrogens with zero attached hydrogens (tertiary/aromatic N) is 5. The molecule has 0 spiro atoms. The van der Waals surface area contributed by atoms with Gasteiger partial charge in [0, 0.05) is 26.8 Å². The van der Waals surface area contributed by atoms with Gasteiger partial charge >= 0.3 is 6.03 Å². The molecule has 2 heterocycles. The molecule has 2 aromatic rings. The molecule has 2 rings (SSSR count). The Morgan fingerprint density at radius 2 is 2.19 bits per heavy atom. The van der Waals surface area contributed by atoms with Crippen LogP contribution in [0.4, 0.5) is 16.2 Å². The predicted molar refractivity (Wildman–Crippen MR) is 80.1 cm³/mol. The molecule has 0 saturated heterocycles. The Kier molecular flexibility index (Phi) is 4.70. The molecule has 112 valence electrons. The smallest absolute Gasteiger partial charge is 0.319 e. The number of aromatic nitrogens is 4. The lowest BCUT2D eigenvalue weighted by atomic mass is 10.3. The highest BCUT2D eigenvalue weighted by molar-refractivity contribution is 5.92. The topological polar surface area (TPSA) is 88.0 Å². The molecule has 0 aliphatic heterocycles. The number of carbonyl (C=O) groups is 1. The monoisotopic (exact) mass is 289 g/mol. The van der Waals surface area contributed by atoms with Gasteiger partial charge in [-0.3, -0.25) is 4.98 Å². The molecule has 0 radical (unpaired) electrons. The molecular weight excluding hydrogens is 270 g/mol. The molecule has 0 fully saturated rings. The number of anilines is 2. The lowest BCUT2D eigenvalue weighted by Crippen LogP contribution is -2.29. The normalized spacial score (nSPS) is 10.2. The van der Waals surface area contributed by atoms with E-state index in [-0.39, 0.29) is 6.03 Å². The average Bonchev–Trinajstić information content (AvgIpc) is 2.93. The molecule has 2 N–H and O–H groups in total. The van der Waals surface area contributed by atoms with E-state index in [9.17, 15) is 4.79 Å². The van der Waals surface area contributed by atoms with Crippen molar-refractivity contribution in [2.75, 3.05) is 24.3 Å². The van der Waals surface area contributed by atoms with E-state index in [2.05, 4.69) is 25.9 Å². The molecule has 0 unspecified atom stereocenters. The first-order chi connectivity index (χ1) is 10.1. The summed E-state index contributed by atoms with van der Waals surface area (Å²) >= 11 is 0. The first-order valence-corrected chi connectivity index (χ1v) is 6.65. The van der Waals surface area contributed by atoms with Gasteiger partial charge in [-0.15, -0.1) is 5.10 Å². The summed E-state index contributed by atoms with van der Waals surface area (Å²) < 4.78 is 1.73. The fourth-order valence-electron chi connectivity index (χ4n) is 1.87. The maximum Gasteiger partial charge on any atom is 0.319 e. The number of urea groups is 1. The zero-order valence-corrected chi connectivity index (χ0v) is 12.4. The average molecular weight is 289 g/mol. The fraction of sp³-hybridized carbons (Fsp3) is 0.385. The van der Waals surface area contributed by atoms with E-state index < -0.39 is 0 Å². The first-order valence-electron chi connectivity index (χ1n) is 6.65. The van der Waals surface area contributed by atoms with Crippen LogP contribution in [0.2, 0.25) is 0 Å². The Bertz CT molecular complexity index is 608. The highest BCUT2D eigenvalue weighted by Crippen LogP contribution is 2.21. The highest BCUT2D eigenvalue weighted by atomic mass is 16.2. The number of pyridine rings is 1. The van der Waals surface area contributed by atoms with Crippen molar-refractivity contribution >= 4 is 17.4 Å². The number of rotatable bonds is 5. The first kappa shape index (κ1) is 14.8. The van der Waals surface area contributed by atoms with Gasteiger partial charge in [0.25, 0.3) is 0 Å². The Hall–Kier alpha value is -2.64. The van der Waals surface area contributed by atoms with Gasteiger partial charge in [-0.2, -0.15) is 0 Å². The summed E-state index contributed by atoms with van der Waals surface area (Å²) in [5.41, 5.74) is 2.40. The van der Waals surface area contributed by atoms with Gasteiger partial charge in [-0.25, -0.2) is 9.48 Å². The van der Waals surface area contributed by atoms with E-state index in [1.165, 1.54) is 0 Å². The second-order valence-corrected chi connectivity index (χ2v) is 4.64. The summed E-state index contributed by atoms with van der Waals surface area (Å²) in [6.07, 6.45) is 4.98. The predicted octanol–water partition coefficient (Wildman–Crippen LogP) is 1.08. The molecule has 0 bridgehead atoms. The van der Waals surface area contributed by atoms with Gasteiger partial charge in [0.05, 0.1) is 36.0 Å². The minimum atomic E-state index is -0.284. The van der Waals surface area contributed by atoms with E-state index in [0.717, 1.165) is 11.4 Å². The molecular formula is C13H19N7O. The van der Waals surface area contributed by atoms with Crippen molar-refractivity contribution in [3.63, 3.8) is 0 Å². The van der Waals surface area contributed by atoms with Crippen molar-refractivity contribution in [2.45, 2.75) is 20.0 Å². The maximum absolute atomic E-state index is 12.0. The summed E-state index contributed by atoms with van der Waals surface area (Å²) in [7, 11) is 3.79. The summed E-state index contributed by atoms with van der Waals surface area (Å²) in [6.45, 7) is 3.06. The van der Waals surface area contributed by atoms with Gasteiger partial charge in [0.15, 0.2) is 0 Å². The molecule has 0 aromatic carbocycles. The summed E-state index contributed by atoms with van der Waals surface area (Å²) in [4.78, 5) is 17.9. The third-order valence-corrected chi connectivity index (χ3v) is 2.96. The SMILES string of the molecule is CCn1nncc1CNC(=O)Nc1ccncc1N(C)C. The second kappa shape index (κ2) is 6.69. The molecule has 0 aliphatic rings. The molecule has 8 heteroatoms. The fourth-order valence-corrected chi connectivity index (χ4v) is 1.87. The summed E-state index contributed by atoms with van der Waals surface area (Å²) in [6, 6.07) is 1.47. The van der Waals surface area contributed by atoms with Crippen LogP contribution in [0.1, 0.15) is 12.6 Å². The molecule has 8 nitrogen and oxygen atoms in total. The Balaban J connectivity index is 1.96. The zero-order chi connectivity index (χ0) is 15.2. The van der Waals surface area contributed by atoms with E-state index in [1.807, 2.05) is 25.9 Å². The van der Waals surface area contributed by atoms with Crippen LogP contribution in [0.5, 0.6) is 0 Å². The Labute approximate surface area is 123 Å². The standard InChI is InChI=1S/C13H19N7O/c1-4-20-10(8-16-18-20)7-15-13(21)17-11-5-6-14-9-12(11)19(2)3/h5-6,8-9H,4,7H2,1-3H3,(H2,14,15,17,21). The van der Waals surface area contributed by atoms with Crippen LogP contribution in [0.25, 0.3) is 0 Å². The van der Waals surface area contributed by atoms with E-state index in [4.69, 9.17) is 0 Å².